The number of nitrogens with zero attached hydrogens (tertiary/aromatic N) is 2. The second-order valence-corrected chi connectivity index (χ2v) is 8.15. The molecule has 3 N–H and O–H groups in total. The number of thioether (sulfide) groups is 1. The Morgan fingerprint density at radius 2 is 2.04 bits per heavy atom. The van der Waals surface area contributed by atoms with Crippen LogP contribution in [-0.2, 0) is 20.9 Å². The van der Waals surface area contributed by atoms with Gasteiger partial charge in [-0.1, -0.05) is 0 Å². The molecule has 2 amide bonds. The molecule has 0 saturated carbocycles. The zero-order chi connectivity index (χ0) is 18.5. The van der Waals surface area contributed by atoms with Crippen molar-refractivity contribution in [2.45, 2.75) is 42.6 Å². The van der Waals surface area contributed by atoms with Crippen molar-refractivity contribution in [2.75, 3.05) is 0 Å². The van der Waals surface area contributed by atoms with E-state index in [0.717, 1.165) is 10.6 Å². The summed E-state index contributed by atoms with van der Waals surface area (Å²) in [5.41, 5.74) is -1.30. The lowest BCUT2D eigenvalue weighted by molar-refractivity contribution is -0.161. The van der Waals surface area contributed by atoms with Crippen molar-refractivity contribution in [1.82, 2.24) is 19.8 Å². The summed E-state index contributed by atoms with van der Waals surface area (Å²) in [6.45, 7) is 3.12. The van der Waals surface area contributed by atoms with E-state index in [4.69, 9.17) is 0 Å². The number of carboxylic acid groups (broad SMARTS) is 1. The topological polar surface area (TPSA) is 142 Å². The number of H-pyrrole nitrogens is 1. The summed E-state index contributed by atoms with van der Waals surface area (Å²) in [5.74, 6) is -2.13. The standard InChI is InChI=1S/C14H16N4O6S/c1-14(2)9(12(22)23)18-10(21)8(11(18)25-14)15-7(20)5-17-4-3-6(19)16-13(17)24/h3-4,8-9,11H,5H2,1-2H3,(H,15,20)(H,22,23)(H,16,19,24)/t8-,9+,11-/m1/s1. The molecule has 3 atom stereocenters. The maximum Gasteiger partial charge on any atom is 0.328 e. The van der Waals surface area contributed by atoms with Crippen LogP contribution in [0.5, 0.6) is 0 Å². The fourth-order valence-corrected chi connectivity index (χ4v) is 4.71. The van der Waals surface area contributed by atoms with Crippen molar-refractivity contribution in [1.29, 1.82) is 0 Å². The van der Waals surface area contributed by atoms with Crippen LogP contribution in [0.1, 0.15) is 13.8 Å². The van der Waals surface area contributed by atoms with E-state index >= 15 is 0 Å². The number of fused-ring (bicyclic) bond motifs is 1. The van der Waals surface area contributed by atoms with Gasteiger partial charge in [0.15, 0.2) is 0 Å². The van der Waals surface area contributed by atoms with E-state index in [-0.39, 0.29) is 6.54 Å². The van der Waals surface area contributed by atoms with E-state index in [2.05, 4.69) is 5.32 Å². The Labute approximate surface area is 145 Å². The highest BCUT2D eigenvalue weighted by atomic mass is 32.2. The van der Waals surface area contributed by atoms with Gasteiger partial charge in [-0.05, 0) is 13.8 Å². The molecule has 11 heteroatoms. The Balaban J connectivity index is 1.70. The van der Waals surface area contributed by atoms with Gasteiger partial charge in [0.1, 0.15) is 24.0 Å². The van der Waals surface area contributed by atoms with E-state index in [1.807, 2.05) is 4.98 Å². The first-order chi connectivity index (χ1) is 11.6. The number of aliphatic carboxylic acids is 1. The molecule has 25 heavy (non-hydrogen) atoms. The summed E-state index contributed by atoms with van der Waals surface area (Å²) in [7, 11) is 0. The first kappa shape index (κ1) is 17.3. The third kappa shape index (κ3) is 2.84. The quantitative estimate of drug-likeness (QED) is 0.531. The zero-order valence-corrected chi connectivity index (χ0v) is 14.2. The molecule has 0 unspecified atom stereocenters. The van der Waals surface area contributed by atoms with Crippen LogP contribution in [0.15, 0.2) is 21.9 Å². The molecule has 10 nitrogen and oxygen atoms in total. The number of hydrogen-bond acceptors (Lipinski definition) is 6. The predicted molar refractivity (Wildman–Crippen MR) is 87.0 cm³/mol. The summed E-state index contributed by atoms with van der Waals surface area (Å²) in [5, 5.41) is 11.4. The fourth-order valence-electron chi connectivity index (χ4n) is 3.09. The highest BCUT2D eigenvalue weighted by molar-refractivity contribution is 8.01. The van der Waals surface area contributed by atoms with Gasteiger partial charge in [-0.2, -0.15) is 0 Å². The lowest BCUT2D eigenvalue weighted by Gasteiger charge is -2.43. The molecule has 0 aromatic carbocycles. The van der Waals surface area contributed by atoms with Crippen molar-refractivity contribution in [3.8, 4) is 0 Å². The largest absolute Gasteiger partial charge is 0.480 e. The van der Waals surface area contributed by atoms with Gasteiger partial charge in [0.25, 0.3) is 5.56 Å². The summed E-state index contributed by atoms with van der Waals surface area (Å²) in [6.07, 6.45) is 1.18. The lowest BCUT2D eigenvalue weighted by atomic mass is 9.96. The minimum absolute atomic E-state index is 0.359. The SMILES string of the molecule is CC1(C)S[C@@H]2[C@H](NC(=O)Cn3ccc(=O)[nH]c3=O)C(=O)N2[C@H]1C(=O)O. The number of carboxylic acids is 1. The molecule has 0 aliphatic carbocycles. The number of aromatic nitrogens is 2. The number of amides is 2. The average molecular weight is 368 g/mol. The van der Waals surface area contributed by atoms with Crippen LogP contribution >= 0.6 is 11.8 Å². The van der Waals surface area contributed by atoms with Gasteiger partial charge < -0.3 is 15.3 Å². The second-order valence-electron chi connectivity index (χ2n) is 6.38. The van der Waals surface area contributed by atoms with Gasteiger partial charge in [0, 0.05) is 17.0 Å². The van der Waals surface area contributed by atoms with Crippen LogP contribution in [0, 0.1) is 0 Å². The average Bonchev–Trinajstić information content (AvgIpc) is 2.76. The van der Waals surface area contributed by atoms with Gasteiger partial charge in [-0.15, -0.1) is 11.8 Å². The van der Waals surface area contributed by atoms with E-state index in [1.165, 1.54) is 22.9 Å². The molecule has 134 valence electrons. The molecule has 2 fully saturated rings. The van der Waals surface area contributed by atoms with Gasteiger partial charge in [0.05, 0.1) is 0 Å². The molecule has 1 aromatic heterocycles. The normalized spacial score (nSPS) is 26.7. The Hall–Kier alpha value is -2.56. The smallest absolute Gasteiger partial charge is 0.328 e. The predicted octanol–water partition coefficient (Wildman–Crippen LogP) is -1.83. The molecule has 2 aliphatic heterocycles. The van der Waals surface area contributed by atoms with Gasteiger partial charge in [-0.3, -0.25) is 23.9 Å². The van der Waals surface area contributed by atoms with Crippen LogP contribution in [0.4, 0.5) is 0 Å². The molecule has 0 radical (unpaired) electrons. The van der Waals surface area contributed by atoms with Crippen molar-refractivity contribution in [2.24, 2.45) is 0 Å². The van der Waals surface area contributed by atoms with Crippen LogP contribution < -0.4 is 16.6 Å². The Bertz CT molecular complexity index is 875. The van der Waals surface area contributed by atoms with E-state index < -0.39 is 51.2 Å². The number of carbonyl (C=O) groups is 3. The molecular formula is C14H16N4O6S. The zero-order valence-electron chi connectivity index (χ0n) is 13.4. The third-order valence-electron chi connectivity index (χ3n) is 4.20. The maximum absolute atomic E-state index is 12.3. The van der Waals surface area contributed by atoms with Gasteiger partial charge in [-0.25, -0.2) is 9.59 Å². The van der Waals surface area contributed by atoms with Gasteiger partial charge in [0.2, 0.25) is 11.8 Å². The number of nitrogens with one attached hydrogen (secondary N) is 2. The highest BCUT2D eigenvalue weighted by Gasteiger charge is 2.64. The first-order valence-corrected chi connectivity index (χ1v) is 8.32. The number of aromatic amines is 1. The Morgan fingerprint density at radius 3 is 2.64 bits per heavy atom. The van der Waals surface area contributed by atoms with Crippen molar-refractivity contribution < 1.29 is 19.5 Å². The van der Waals surface area contributed by atoms with Crippen molar-refractivity contribution in [3.05, 3.63) is 33.1 Å². The molecule has 0 spiro atoms. The molecule has 3 rings (SSSR count). The molecular weight excluding hydrogens is 352 g/mol. The first-order valence-electron chi connectivity index (χ1n) is 7.44. The van der Waals surface area contributed by atoms with Crippen LogP contribution in [0.2, 0.25) is 0 Å². The summed E-state index contributed by atoms with van der Waals surface area (Å²) in [6, 6.07) is -0.679. The number of β-lactam (4-membered cyclic amide) rings is 1. The molecule has 2 aliphatic rings. The Kier molecular flexibility index (Phi) is 3.98. The minimum Gasteiger partial charge on any atom is -0.480 e. The van der Waals surface area contributed by atoms with E-state index in [1.54, 1.807) is 13.8 Å². The molecule has 1 aromatic rings. The van der Waals surface area contributed by atoms with E-state index in [0.29, 0.717) is 0 Å². The summed E-state index contributed by atoms with van der Waals surface area (Å²) in [4.78, 5) is 61.7. The maximum atomic E-state index is 12.3. The lowest BCUT2D eigenvalue weighted by Crippen LogP contribution is -2.70. The van der Waals surface area contributed by atoms with Crippen LogP contribution in [0.3, 0.4) is 0 Å². The minimum atomic E-state index is -1.09. The number of hydrogen-bond donors (Lipinski definition) is 3. The third-order valence-corrected chi connectivity index (χ3v) is 5.77. The number of carbonyl (C=O) groups excluding carboxylic acids is 2. The molecule has 2 saturated heterocycles. The number of rotatable bonds is 4. The highest BCUT2D eigenvalue weighted by Crippen LogP contribution is 2.50. The molecule has 3 heterocycles. The van der Waals surface area contributed by atoms with Crippen molar-refractivity contribution in [3.63, 3.8) is 0 Å². The summed E-state index contributed by atoms with van der Waals surface area (Å²) >= 11 is 1.31. The molecule has 0 bridgehead atoms. The summed E-state index contributed by atoms with van der Waals surface area (Å²) < 4.78 is 0.324. The fraction of sp³-hybridized carbons (Fsp3) is 0.500. The van der Waals surface area contributed by atoms with Gasteiger partial charge >= 0.3 is 11.7 Å². The monoisotopic (exact) mass is 368 g/mol. The van der Waals surface area contributed by atoms with Crippen LogP contribution in [0.25, 0.3) is 0 Å². The second kappa shape index (κ2) is 5.76. The van der Waals surface area contributed by atoms with E-state index in [9.17, 15) is 29.1 Å². The Morgan fingerprint density at radius 1 is 1.36 bits per heavy atom. The van der Waals surface area contributed by atoms with Crippen LogP contribution in [-0.4, -0.2) is 59.5 Å². The van der Waals surface area contributed by atoms with Crippen molar-refractivity contribution >= 4 is 29.5 Å².